The van der Waals surface area contributed by atoms with Gasteiger partial charge < -0.3 is 5.32 Å². The highest BCUT2D eigenvalue weighted by atomic mass is 127. The average Bonchev–Trinajstić information content (AvgIpc) is 2.16. The largest absolute Gasteiger partial charge is 0.384 e. The summed E-state index contributed by atoms with van der Waals surface area (Å²) < 4.78 is 1.18. The molecule has 0 spiro atoms. The fourth-order valence-corrected chi connectivity index (χ4v) is 2.12. The third-order valence-electron chi connectivity index (χ3n) is 2.27. The molecule has 1 aromatic rings. The minimum absolute atomic E-state index is 0.710. The molecule has 0 amide bonds. The van der Waals surface area contributed by atoms with Crippen LogP contribution in [0.5, 0.6) is 0 Å². The van der Waals surface area contributed by atoms with Crippen molar-refractivity contribution in [3.8, 4) is 0 Å². The van der Waals surface area contributed by atoms with Crippen molar-refractivity contribution in [1.82, 2.24) is 0 Å². The summed E-state index contributed by atoms with van der Waals surface area (Å²) in [6.45, 7) is 5.48. The monoisotopic (exact) mass is 323 g/mol. The van der Waals surface area contributed by atoms with Crippen molar-refractivity contribution in [3.63, 3.8) is 0 Å². The first-order valence-corrected chi connectivity index (χ1v) is 6.28. The van der Waals surface area contributed by atoms with Gasteiger partial charge in [0.2, 0.25) is 0 Å². The Labute approximate surface area is 104 Å². The Morgan fingerprint density at radius 2 is 2.21 bits per heavy atom. The van der Waals surface area contributed by atoms with Gasteiger partial charge in [-0.1, -0.05) is 31.9 Å². The number of hydrogen-bond acceptors (Lipinski definition) is 1. The third kappa shape index (κ3) is 3.65. The summed E-state index contributed by atoms with van der Waals surface area (Å²) in [7, 11) is 0. The van der Waals surface area contributed by atoms with Gasteiger partial charge in [-0.05, 0) is 46.7 Å². The highest BCUT2D eigenvalue weighted by Crippen LogP contribution is 2.22. The topological polar surface area (TPSA) is 12.0 Å². The predicted molar refractivity (Wildman–Crippen MR) is 72.1 cm³/mol. The highest BCUT2D eigenvalue weighted by molar-refractivity contribution is 14.1. The number of hydrogen-bond donors (Lipinski definition) is 1. The zero-order valence-electron chi connectivity index (χ0n) is 8.48. The zero-order valence-corrected chi connectivity index (χ0v) is 11.4. The van der Waals surface area contributed by atoms with Crippen LogP contribution in [0.2, 0.25) is 5.02 Å². The van der Waals surface area contributed by atoms with Gasteiger partial charge in [0.25, 0.3) is 0 Å². The Bertz CT molecular complexity index is 301. The number of anilines is 1. The van der Waals surface area contributed by atoms with Crippen molar-refractivity contribution in [1.29, 1.82) is 0 Å². The second-order valence-electron chi connectivity index (χ2n) is 3.52. The van der Waals surface area contributed by atoms with Crippen LogP contribution in [-0.2, 0) is 0 Å². The number of benzene rings is 1. The molecule has 1 nitrogen and oxygen atoms in total. The molecule has 1 N–H and O–H groups in total. The Kier molecular flexibility index (Phi) is 5.02. The molecule has 0 heterocycles. The van der Waals surface area contributed by atoms with Gasteiger partial charge in [0.15, 0.2) is 0 Å². The molecule has 3 heteroatoms. The lowest BCUT2D eigenvalue weighted by atomic mass is 10.1. The second kappa shape index (κ2) is 5.81. The summed E-state index contributed by atoms with van der Waals surface area (Å²) in [5.74, 6) is 0.710. The van der Waals surface area contributed by atoms with E-state index < -0.39 is 0 Å². The lowest BCUT2D eigenvalue weighted by Crippen LogP contribution is -2.10. The lowest BCUT2D eigenvalue weighted by Gasteiger charge is -2.12. The van der Waals surface area contributed by atoms with Gasteiger partial charge in [0.05, 0.1) is 0 Å². The number of halogens is 2. The standard InChI is InChI=1S/C11H15ClIN/c1-3-8(2)7-14-11-5-4-9(12)6-10(11)13/h4-6,8,14H,3,7H2,1-2H3. The Morgan fingerprint density at radius 1 is 1.50 bits per heavy atom. The van der Waals surface area contributed by atoms with Crippen LogP contribution < -0.4 is 5.32 Å². The molecular formula is C11H15ClIN. The van der Waals surface area contributed by atoms with Crippen molar-refractivity contribution >= 4 is 39.9 Å². The Morgan fingerprint density at radius 3 is 2.79 bits per heavy atom. The van der Waals surface area contributed by atoms with Gasteiger partial charge in [-0.25, -0.2) is 0 Å². The number of rotatable bonds is 4. The van der Waals surface area contributed by atoms with Crippen LogP contribution in [0.15, 0.2) is 18.2 Å². The van der Waals surface area contributed by atoms with E-state index in [9.17, 15) is 0 Å². The summed E-state index contributed by atoms with van der Waals surface area (Å²) in [6, 6.07) is 5.93. The minimum atomic E-state index is 0.710. The molecule has 0 aliphatic carbocycles. The fourth-order valence-electron chi connectivity index (χ4n) is 1.06. The van der Waals surface area contributed by atoms with Crippen LogP contribution in [0.3, 0.4) is 0 Å². The average molecular weight is 324 g/mol. The minimum Gasteiger partial charge on any atom is -0.384 e. The first-order chi connectivity index (χ1) is 6.63. The number of nitrogens with one attached hydrogen (secondary N) is 1. The molecule has 14 heavy (non-hydrogen) atoms. The first kappa shape index (κ1) is 12.1. The lowest BCUT2D eigenvalue weighted by molar-refractivity contribution is 0.593. The van der Waals surface area contributed by atoms with E-state index in [1.807, 2.05) is 18.2 Å². The second-order valence-corrected chi connectivity index (χ2v) is 5.12. The van der Waals surface area contributed by atoms with Crippen LogP contribution in [0.4, 0.5) is 5.69 Å². The smallest absolute Gasteiger partial charge is 0.0477 e. The molecule has 0 bridgehead atoms. The van der Waals surface area contributed by atoms with Crippen LogP contribution in [0.25, 0.3) is 0 Å². The molecular weight excluding hydrogens is 308 g/mol. The fraction of sp³-hybridized carbons (Fsp3) is 0.455. The maximum absolute atomic E-state index is 5.87. The van der Waals surface area contributed by atoms with Crippen molar-refractivity contribution in [2.45, 2.75) is 20.3 Å². The Balaban J connectivity index is 2.59. The van der Waals surface area contributed by atoms with E-state index in [1.54, 1.807) is 0 Å². The van der Waals surface area contributed by atoms with Gasteiger partial charge in [-0.3, -0.25) is 0 Å². The molecule has 0 aliphatic rings. The van der Waals surface area contributed by atoms with Crippen LogP contribution in [0, 0.1) is 9.49 Å². The van der Waals surface area contributed by atoms with Crippen molar-refractivity contribution in [3.05, 3.63) is 26.8 Å². The quantitative estimate of drug-likeness (QED) is 0.810. The van der Waals surface area contributed by atoms with Crippen LogP contribution in [0.1, 0.15) is 20.3 Å². The molecule has 1 atom stereocenters. The molecule has 0 aromatic heterocycles. The summed E-state index contributed by atoms with van der Waals surface area (Å²) in [6.07, 6.45) is 1.21. The van der Waals surface area contributed by atoms with Gasteiger partial charge in [-0.15, -0.1) is 0 Å². The highest BCUT2D eigenvalue weighted by Gasteiger charge is 2.02. The molecule has 0 fully saturated rings. The van der Waals surface area contributed by atoms with Crippen molar-refractivity contribution in [2.75, 3.05) is 11.9 Å². The van der Waals surface area contributed by atoms with Gasteiger partial charge in [0.1, 0.15) is 0 Å². The summed E-state index contributed by atoms with van der Waals surface area (Å²) in [4.78, 5) is 0. The maximum Gasteiger partial charge on any atom is 0.0477 e. The molecule has 1 rings (SSSR count). The SMILES string of the molecule is CCC(C)CNc1ccc(Cl)cc1I. The van der Waals surface area contributed by atoms with Gasteiger partial charge in [0, 0.05) is 20.8 Å². The first-order valence-electron chi connectivity index (χ1n) is 4.82. The van der Waals surface area contributed by atoms with Crippen LogP contribution >= 0.6 is 34.2 Å². The third-order valence-corrected chi connectivity index (χ3v) is 3.40. The van der Waals surface area contributed by atoms with E-state index in [-0.39, 0.29) is 0 Å². The molecule has 1 aromatic carbocycles. The Hall–Kier alpha value is 0.0400. The van der Waals surface area contributed by atoms with E-state index in [0.29, 0.717) is 5.92 Å². The summed E-state index contributed by atoms with van der Waals surface area (Å²) in [5.41, 5.74) is 1.18. The van der Waals surface area contributed by atoms with E-state index in [2.05, 4.69) is 41.8 Å². The zero-order chi connectivity index (χ0) is 10.6. The van der Waals surface area contributed by atoms with Crippen molar-refractivity contribution in [2.24, 2.45) is 5.92 Å². The summed E-state index contributed by atoms with van der Waals surface area (Å²) >= 11 is 8.17. The van der Waals surface area contributed by atoms with Crippen molar-refractivity contribution < 1.29 is 0 Å². The van der Waals surface area contributed by atoms with E-state index in [1.165, 1.54) is 15.7 Å². The normalized spacial score (nSPS) is 12.6. The molecule has 78 valence electrons. The molecule has 0 saturated heterocycles. The van der Waals surface area contributed by atoms with Gasteiger partial charge >= 0.3 is 0 Å². The molecule has 1 unspecified atom stereocenters. The van der Waals surface area contributed by atoms with E-state index in [4.69, 9.17) is 11.6 Å². The molecule has 0 radical (unpaired) electrons. The molecule has 0 saturated carbocycles. The van der Waals surface area contributed by atoms with Crippen LogP contribution in [-0.4, -0.2) is 6.54 Å². The maximum atomic E-state index is 5.87. The van der Waals surface area contributed by atoms with E-state index in [0.717, 1.165) is 11.6 Å². The van der Waals surface area contributed by atoms with E-state index >= 15 is 0 Å². The molecule has 0 aliphatic heterocycles. The summed E-state index contributed by atoms with van der Waals surface area (Å²) in [5, 5.41) is 4.22. The predicted octanol–water partition coefficient (Wildman–Crippen LogP) is 4.40. The van der Waals surface area contributed by atoms with Gasteiger partial charge in [-0.2, -0.15) is 0 Å².